The highest BCUT2D eigenvalue weighted by molar-refractivity contribution is 7.85. The van der Waals surface area contributed by atoms with Gasteiger partial charge in [-0.05, 0) is 24.5 Å². The number of rotatable bonds is 3. The summed E-state index contributed by atoms with van der Waals surface area (Å²) in [5.74, 6) is 0. The van der Waals surface area contributed by atoms with Gasteiger partial charge in [-0.3, -0.25) is 4.79 Å². The molecule has 2 aromatic rings. The van der Waals surface area contributed by atoms with Crippen molar-refractivity contribution in [3.05, 3.63) is 59.7 Å². The molecule has 0 amide bonds. The zero-order chi connectivity index (χ0) is 12.3. The third kappa shape index (κ3) is 2.81. The van der Waals surface area contributed by atoms with Crippen molar-refractivity contribution >= 4 is 24.6 Å². The topological polar surface area (TPSA) is 17.1 Å². The molecule has 2 aromatic carbocycles. The Kier molecular flexibility index (Phi) is 3.71. The van der Waals surface area contributed by atoms with E-state index in [0.29, 0.717) is 0 Å². The van der Waals surface area contributed by atoms with E-state index in [4.69, 9.17) is 0 Å². The maximum atomic E-state index is 11.3. The Hall–Kier alpha value is -1.46. The highest BCUT2D eigenvalue weighted by Crippen LogP contribution is 2.29. The van der Waals surface area contributed by atoms with Gasteiger partial charge in [0, 0.05) is 7.92 Å². The predicted octanol–water partition coefficient (Wildman–Crippen LogP) is 2.93. The molecule has 0 fully saturated rings. The Morgan fingerprint density at radius 2 is 1.12 bits per heavy atom. The zero-order valence-electron chi connectivity index (χ0n) is 10.1. The first-order chi connectivity index (χ1) is 8.20. The molecule has 0 N–H and O–H groups in total. The van der Waals surface area contributed by atoms with E-state index in [9.17, 15) is 4.79 Å². The molecule has 0 aliphatic carbocycles. The smallest absolute Gasteiger partial charge is 0.150 e. The number of aryl methyl sites for hydroxylation is 2. The molecule has 0 atom stereocenters. The van der Waals surface area contributed by atoms with Gasteiger partial charge in [-0.15, -0.1) is 0 Å². The summed E-state index contributed by atoms with van der Waals surface area (Å²) in [7, 11) is -0.854. The summed E-state index contributed by atoms with van der Waals surface area (Å²) < 4.78 is 0. The Bertz CT molecular complexity index is 454. The molecule has 17 heavy (non-hydrogen) atoms. The predicted molar refractivity (Wildman–Crippen MR) is 75.3 cm³/mol. The fraction of sp³-hybridized carbons (Fsp3) is 0.133. The number of hydrogen-bond donors (Lipinski definition) is 0. The van der Waals surface area contributed by atoms with Crippen LogP contribution in [0, 0.1) is 13.8 Å². The molecule has 0 aliphatic rings. The molecule has 2 heteroatoms. The van der Waals surface area contributed by atoms with Crippen molar-refractivity contribution in [3.63, 3.8) is 0 Å². The molecule has 0 heterocycles. The Morgan fingerprint density at radius 3 is 1.41 bits per heavy atom. The molecule has 0 aliphatic heterocycles. The lowest BCUT2D eigenvalue weighted by Crippen LogP contribution is -2.12. The second-order valence-electron chi connectivity index (χ2n) is 4.15. The van der Waals surface area contributed by atoms with Crippen LogP contribution in [0.15, 0.2) is 48.5 Å². The SMILES string of the molecule is Cc1ccc(P(C=O)c2ccc(C)cc2)cc1. The lowest BCUT2D eigenvalue weighted by molar-refractivity contribution is 0.569. The average Bonchev–Trinajstić information content (AvgIpc) is 2.35. The van der Waals surface area contributed by atoms with E-state index in [2.05, 4.69) is 62.4 Å². The van der Waals surface area contributed by atoms with Crippen LogP contribution in [0.1, 0.15) is 11.1 Å². The number of hydrogen-bond acceptors (Lipinski definition) is 1. The van der Waals surface area contributed by atoms with E-state index in [-0.39, 0.29) is 0 Å². The van der Waals surface area contributed by atoms with Crippen molar-refractivity contribution in [3.8, 4) is 0 Å². The van der Waals surface area contributed by atoms with Gasteiger partial charge < -0.3 is 0 Å². The largest absolute Gasteiger partial charge is 0.298 e. The second-order valence-corrected chi connectivity index (χ2v) is 6.13. The summed E-state index contributed by atoms with van der Waals surface area (Å²) in [5, 5.41) is 2.23. The van der Waals surface area contributed by atoms with E-state index in [1.165, 1.54) is 11.1 Å². The van der Waals surface area contributed by atoms with Crippen molar-refractivity contribution < 1.29 is 4.79 Å². The summed E-state index contributed by atoms with van der Waals surface area (Å²) in [4.78, 5) is 11.3. The normalized spacial score (nSPS) is 10.5. The third-order valence-electron chi connectivity index (χ3n) is 2.73. The summed E-state index contributed by atoms with van der Waals surface area (Å²) in [6, 6.07) is 17.5. The quantitative estimate of drug-likeness (QED) is 0.597. The molecule has 0 aromatic heterocycles. The van der Waals surface area contributed by atoms with Gasteiger partial charge >= 0.3 is 0 Å². The molecule has 86 valence electrons. The summed E-state index contributed by atoms with van der Waals surface area (Å²) in [6.07, 6.45) is 0. The van der Waals surface area contributed by atoms with E-state index < -0.39 is 7.92 Å². The lowest BCUT2D eigenvalue weighted by atomic mass is 10.2. The average molecular weight is 242 g/mol. The first-order valence-electron chi connectivity index (χ1n) is 5.58. The number of benzene rings is 2. The fourth-order valence-electron chi connectivity index (χ4n) is 1.68. The number of carbonyl (C=O) groups excluding carboxylic acids is 1. The van der Waals surface area contributed by atoms with Crippen molar-refractivity contribution in [1.82, 2.24) is 0 Å². The zero-order valence-corrected chi connectivity index (χ0v) is 10.9. The van der Waals surface area contributed by atoms with Gasteiger partial charge in [0.05, 0.1) is 0 Å². The third-order valence-corrected chi connectivity index (χ3v) is 4.65. The summed E-state index contributed by atoms with van der Waals surface area (Å²) in [6.45, 7) is 4.11. The molecule has 0 unspecified atom stereocenters. The minimum Gasteiger partial charge on any atom is -0.298 e. The molecule has 1 nitrogen and oxygen atoms in total. The highest BCUT2D eigenvalue weighted by Gasteiger charge is 2.11. The standard InChI is InChI=1S/C15H15OP/c1-12-3-7-14(8-4-12)17(11-16)15-9-5-13(2)6-10-15/h3-11H,1-2H3. The molecule has 0 bridgehead atoms. The van der Waals surface area contributed by atoms with E-state index in [0.717, 1.165) is 16.6 Å². The van der Waals surface area contributed by atoms with E-state index >= 15 is 0 Å². The van der Waals surface area contributed by atoms with Crippen LogP contribution in [0.4, 0.5) is 0 Å². The van der Waals surface area contributed by atoms with Gasteiger partial charge in [0.1, 0.15) is 0 Å². The molecule has 0 spiro atoms. The highest BCUT2D eigenvalue weighted by atomic mass is 31.1. The van der Waals surface area contributed by atoms with Gasteiger partial charge in [-0.25, -0.2) is 0 Å². The van der Waals surface area contributed by atoms with Gasteiger partial charge in [-0.2, -0.15) is 0 Å². The van der Waals surface area contributed by atoms with Gasteiger partial charge in [0.2, 0.25) is 0 Å². The van der Waals surface area contributed by atoms with Crippen LogP contribution in [-0.4, -0.2) is 6.03 Å². The molecule has 0 radical (unpaired) electrons. The van der Waals surface area contributed by atoms with Crippen LogP contribution in [0.2, 0.25) is 0 Å². The second kappa shape index (κ2) is 5.25. The van der Waals surface area contributed by atoms with Gasteiger partial charge in [-0.1, -0.05) is 59.7 Å². The Balaban J connectivity index is 2.36. The Labute approximate surface area is 103 Å². The van der Waals surface area contributed by atoms with E-state index in [1.807, 2.05) is 0 Å². The van der Waals surface area contributed by atoms with Crippen LogP contribution in [0.3, 0.4) is 0 Å². The lowest BCUT2D eigenvalue weighted by Gasteiger charge is -2.11. The van der Waals surface area contributed by atoms with Crippen molar-refractivity contribution in [2.75, 3.05) is 0 Å². The minimum atomic E-state index is -0.854. The minimum absolute atomic E-state index is 0.854. The first kappa shape index (κ1) is 12.0. The molecular formula is C15H15OP. The first-order valence-corrected chi connectivity index (χ1v) is 6.99. The van der Waals surface area contributed by atoms with Crippen molar-refractivity contribution in [2.45, 2.75) is 13.8 Å². The van der Waals surface area contributed by atoms with Crippen LogP contribution in [0.5, 0.6) is 0 Å². The maximum absolute atomic E-state index is 11.3. The van der Waals surface area contributed by atoms with E-state index in [1.54, 1.807) is 0 Å². The van der Waals surface area contributed by atoms with Gasteiger partial charge in [0.15, 0.2) is 6.03 Å². The van der Waals surface area contributed by atoms with Crippen molar-refractivity contribution in [2.24, 2.45) is 0 Å². The molecule has 0 saturated heterocycles. The van der Waals surface area contributed by atoms with Crippen LogP contribution >= 0.6 is 7.92 Å². The van der Waals surface area contributed by atoms with Crippen molar-refractivity contribution in [1.29, 1.82) is 0 Å². The summed E-state index contributed by atoms with van der Waals surface area (Å²) in [5.41, 5.74) is 2.44. The van der Waals surface area contributed by atoms with Crippen LogP contribution in [0.25, 0.3) is 0 Å². The monoisotopic (exact) mass is 242 g/mol. The van der Waals surface area contributed by atoms with Crippen LogP contribution in [-0.2, 0) is 4.79 Å². The Morgan fingerprint density at radius 1 is 0.765 bits per heavy atom. The molecule has 0 saturated carbocycles. The maximum Gasteiger partial charge on any atom is 0.150 e. The van der Waals surface area contributed by atoms with Gasteiger partial charge in [0.25, 0.3) is 0 Å². The summed E-state index contributed by atoms with van der Waals surface area (Å²) >= 11 is 0. The number of carbonyl (C=O) groups is 1. The molecular weight excluding hydrogens is 227 g/mol. The molecule has 2 rings (SSSR count). The fourth-order valence-corrected chi connectivity index (χ4v) is 3.16. The van der Waals surface area contributed by atoms with Crippen LogP contribution < -0.4 is 10.6 Å².